The molecule has 0 aliphatic heterocycles. The summed E-state index contributed by atoms with van der Waals surface area (Å²) < 4.78 is 7.81. The van der Waals surface area contributed by atoms with Gasteiger partial charge in [-0.05, 0) is 77.9 Å². The normalized spacial score (nSPS) is 17.9. The molecule has 9 heteroatoms. The van der Waals surface area contributed by atoms with Crippen LogP contribution in [-0.4, -0.2) is 37.8 Å². The van der Waals surface area contributed by atoms with Gasteiger partial charge in [-0.15, -0.1) is 0 Å². The minimum absolute atomic E-state index is 0.147. The minimum Gasteiger partial charge on any atom is -0.496 e. The Morgan fingerprint density at radius 3 is 2.56 bits per heavy atom. The monoisotopic (exact) mass is 549 g/mol. The molecule has 1 saturated carbocycles. The lowest BCUT2D eigenvalue weighted by Crippen LogP contribution is -2.21. The molecule has 1 fully saturated rings. The fourth-order valence-electron chi connectivity index (χ4n) is 5.04. The number of aliphatic carboxylic acids is 1. The number of rotatable bonds is 6. The molecule has 3 heterocycles. The lowest BCUT2D eigenvalue weighted by atomic mass is 9.80. The number of ether oxygens (including phenoxy) is 1. The zero-order chi connectivity index (χ0) is 25.4. The molecular weight excluding hydrogens is 522 g/mol. The van der Waals surface area contributed by atoms with Gasteiger partial charge in [0.2, 0.25) is 0 Å². The van der Waals surface area contributed by atoms with Crippen LogP contribution in [0.1, 0.15) is 49.8 Å². The number of hydrogen-bond donors (Lipinski definition) is 2. The number of hydrogen-bond acceptors (Lipinski definition) is 6. The van der Waals surface area contributed by atoms with Crippen LogP contribution in [0.15, 0.2) is 47.2 Å². The number of aryl methyl sites for hydroxylation is 1. The summed E-state index contributed by atoms with van der Waals surface area (Å²) in [6, 6.07) is 10.1. The number of carbonyl (C=O) groups is 1. The van der Waals surface area contributed by atoms with Gasteiger partial charge in [0.05, 0.1) is 35.1 Å². The van der Waals surface area contributed by atoms with Gasteiger partial charge < -0.3 is 15.6 Å². The number of methoxy groups -OCH3 is 1. The number of anilines is 1. The Balaban J connectivity index is 1.48. The number of carboxylic acid groups (broad SMARTS) is 1. The summed E-state index contributed by atoms with van der Waals surface area (Å²) in [5.74, 6) is 0.511. The van der Waals surface area contributed by atoms with Crippen LogP contribution in [0.3, 0.4) is 0 Å². The first kappa shape index (κ1) is 24.2. The number of nitrogens with zero attached hydrogens (tertiary/aromatic N) is 4. The molecule has 0 atom stereocenters. The van der Waals surface area contributed by atoms with Crippen molar-refractivity contribution in [1.29, 1.82) is 0 Å². The van der Waals surface area contributed by atoms with Gasteiger partial charge in [0.15, 0.2) is 5.65 Å². The Labute approximate surface area is 217 Å². The molecule has 1 aliphatic carbocycles. The molecule has 0 unspecified atom stereocenters. The first-order chi connectivity index (χ1) is 17.4. The number of pyridine rings is 1. The first-order valence-electron chi connectivity index (χ1n) is 12.1. The van der Waals surface area contributed by atoms with Crippen LogP contribution in [0.25, 0.3) is 28.0 Å². The van der Waals surface area contributed by atoms with E-state index in [0.29, 0.717) is 24.3 Å². The van der Waals surface area contributed by atoms with Gasteiger partial charge in [0, 0.05) is 28.8 Å². The largest absolute Gasteiger partial charge is 0.496 e. The Morgan fingerprint density at radius 1 is 1.17 bits per heavy atom. The maximum absolute atomic E-state index is 11.4. The van der Waals surface area contributed by atoms with Crippen molar-refractivity contribution in [2.24, 2.45) is 5.92 Å². The molecular formula is C27H28BrN5O3. The van der Waals surface area contributed by atoms with Gasteiger partial charge in [-0.2, -0.15) is 9.61 Å². The van der Waals surface area contributed by atoms with Crippen LogP contribution in [0.4, 0.5) is 5.82 Å². The summed E-state index contributed by atoms with van der Waals surface area (Å²) in [5, 5.41) is 13.8. The SMILES string of the molecule is CCc1cc(-c2ccc(-c3cnn4c(N)c(Br)c(C5CCC(C(=O)O)CC5)nc34)cn2)ccc1OC. The standard InChI is InChI=1S/C27H28BrN5O3/c1-3-15-12-18(9-11-22(15)36-2)21-10-8-19(13-30-21)20-14-31-33-25(29)23(28)24(32-26(20)33)16-4-6-17(7-5-16)27(34)35/h8-14,16-17H,3-7,29H2,1-2H3,(H,34,35). The smallest absolute Gasteiger partial charge is 0.306 e. The average molecular weight is 550 g/mol. The van der Waals surface area contributed by atoms with Crippen molar-refractivity contribution in [3.63, 3.8) is 0 Å². The van der Waals surface area contributed by atoms with Crippen molar-refractivity contribution in [3.05, 3.63) is 58.5 Å². The lowest BCUT2D eigenvalue weighted by molar-refractivity contribution is -0.142. The molecule has 36 heavy (non-hydrogen) atoms. The Hall–Kier alpha value is -3.46. The van der Waals surface area contributed by atoms with E-state index < -0.39 is 5.97 Å². The molecule has 0 amide bonds. The zero-order valence-electron chi connectivity index (χ0n) is 20.2. The van der Waals surface area contributed by atoms with Gasteiger partial charge in [-0.1, -0.05) is 13.0 Å². The van der Waals surface area contributed by atoms with E-state index in [1.165, 1.54) is 0 Å². The Morgan fingerprint density at radius 2 is 1.92 bits per heavy atom. The number of fused-ring (bicyclic) bond motifs is 1. The summed E-state index contributed by atoms with van der Waals surface area (Å²) >= 11 is 3.62. The molecule has 1 aromatic carbocycles. The van der Waals surface area contributed by atoms with Gasteiger partial charge in [0.1, 0.15) is 11.6 Å². The number of aromatic nitrogens is 4. The Bertz CT molecular complexity index is 1430. The van der Waals surface area contributed by atoms with Crippen molar-refractivity contribution >= 4 is 33.4 Å². The van der Waals surface area contributed by atoms with Crippen molar-refractivity contribution in [2.45, 2.75) is 44.9 Å². The van der Waals surface area contributed by atoms with E-state index in [1.54, 1.807) is 17.8 Å². The van der Waals surface area contributed by atoms with Crippen molar-refractivity contribution in [1.82, 2.24) is 19.6 Å². The second-order valence-electron chi connectivity index (χ2n) is 9.19. The van der Waals surface area contributed by atoms with Crippen molar-refractivity contribution in [2.75, 3.05) is 12.8 Å². The Kier molecular flexibility index (Phi) is 6.66. The van der Waals surface area contributed by atoms with Gasteiger partial charge in [-0.3, -0.25) is 9.78 Å². The second kappa shape index (κ2) is 9.89. The number of benzene rings is 1. The third-order valence-electron chi connectivity index (χ3n) is 7.14. The number of nitrogen functional groups attached to an aromatic ring is 1. The predicted molar refractivity (Wildman–Crippen MR) is 142 cm³/mol. The number of carboxylic acids is 1. The van der Waals surface area contributed by atoms with E-state index in [1.807, 2.05) is 30.5 Å². The molecule has 1 aliphatic rings. The molecule has 0 saturated heterocycles. The highest BCUT2D eigenvalue weighted by Crippen LogP contribution is 2.40. The summed E-state index contributed by atoms with van der Waals surface area (Å²) in [6.45, 7) is 2.10. The first-order valence-corrected chi connectivity index (χ1v) is 12.9. The molecule has 5 rings (SSSR count). The predicted octanol–water partition coefficient (Wildman–Crippen LogP) is 5.73. The van der Waals surface area contributed by atoms with Gasteiger partial charge >= 0.3 is 5.97 Å². The van der Waals surface area contributed by atoms with Crippen molar-refractivity contribution in [3.8, 4) is 28.1 Å². The fourth-order valence-corrected chi connectivity index (χ4v) is 5.62. The van der Waals surface area contributed by atoms with E-state index in [-0.39, 0.29) is 11.8 Å². The molecule has 4 aromatic rings. The van der Waals surface area contributed by atoms with E-state index >= 15 is 0 Å². The molecule has 186 valence electrons. The minimum atomic E-state index is -0.718. The van der Waals surface area contributed by atoms with E-state index in [2.05, 4.69) is 34.0 Å². The number of nitrogens with two attached hydrogens (primary N) is 1. The summed E-state index contributed by atoms with van der Waals surface area (Å²) in [6.07, 6.45) is 7.28. The van der Waals surface area contributed by atoms with E-state index in [4.69, 9.17) is 20.4 Å². The highest BCUT2D eigenvalue weighted by atomic mass is 79.9. The summed E-state index contributed by atoms with van der Waals surface area (Å²) in [7, 11) is 1.68. The van der Waals surface area contributed by atoms with Crippen LogP contribution in [0.5, 0.6) is 5.75 Å². The fraction of sp³-hybridized carbons (Fsp3) is 0.333. The second-order valence-corrected chi connectivity index (χ2v) is 9.98. The number of halogens is 1. The van der Waals surface area contributed by atoms with Crippen LogP contribution < -0.4 is 10.5 Å². The van der Waals surface area contributed by atoms with Gasteiger partial charge in [-0.25, -0.2) is 4.98 Å². The zero-order valence-corrected chi connectivity index (χ0v) is 21.8. The summed E-state index contributed by atoms with van der Waals surface area (Å²) in [4.78, 5) is 21.1. The van der Waals surface area contributed by atoms with Crippen LogP contribution >= 0.6 is 15.9 Å². The average Bonchev–Trinajstić information content (AvgIpc) is 3.34. The van der Waals surface area contributed by atoms with Crippen LogP contribution in [0, 0.1) is 5.92 Å². The highest BCUT2D eigenvalue weighted by Gasteiger charge is 2.30. The maximum Gasteiger partial charge on any atom is 0.306 e. The molecule has 3 N–H and O–H groups in total. The third kappa shape index (κ3) is 4.32. The third-order valence-corrected chi connectivity index (χ3v) is 7.96. The van der Waals surface area contributed by atoms with E-state index in [0.717, 1.165) is 63.1 Å². The van der Waals surface area contributed by atoms with Crippen LogP contribution in [-0.2, 0) is 11.2 Å². The van der Waals surface area contributed by atoms with Gasteiger partial charge in [0.25, 0.3) is 0 Å². The molecule has 0 radical (unpaired) electrons. The topological polar surface area (TPSA) is 116 Å². The highest BCUT2D eigenvalue weighted by molar-refractivity contribution is 9.10. The quantitative estimate of drug-likeness (QED) is 0.315. The molecule has 0 spiro atoms. The van der Waals surface area contributed by atoms with Crippen molar-refractivity contribution < 1.29 is 14.6 Å². The van der Waals surface area contributed by atoms with Crippen LogP contribution in [0.2, 0.25) is 0 Å². The molecule has 3 aromatic heterocycles. The van der Waals surface area contributed by atoms with E-state index in [9.17, 15) is 9.90 Å². The maximum atomic E-state index is 11.4. The summed E-state index contributed by atoms with van der Waals surface area (Å²) in [5.41, 5.74) is 12.7. The molecule has 8 nitrogen and oxygen atoms in total. The lowest BCUT2D eigenvalue weighted by Gasteiger charge is -2.26. The molecule has 0 bridgehead atoms.